The lowest BCUT2D eigenvalue weighted by Crippen LogP contribution is -2.21. The Morgan fingerprint density at radius 2 is 2.31 bits per heavy atom. The van der Waals surface area contributed by atoms with Crippen LogP contribution in [-0.2, 0) is 9.53 Å². The van der Waals surface area contributed by atoms with Crippen LogP contribution >= 0.6 is 11.6 Å². The van der Waals surface area contributed by atoms with E-state index < -0.39 is 5.82 Å². The molecule has 0 aliphatic carbocycles. The van der Waals surface area contributed by atoms with Crippen molar-refractivity contribution >= 4 is 23.6 Å². The summed E-state index contributed by atoms with van der Waals surface area (Å²) in [5.41, 5.74) is 0.311. The van der Waals surface area contributed by atoms with Crippen molar-refractivity contribution in [3.05, 3.63) is 40.5 Å². The SMILES string of the molecule is CC1=C([C]=O)N(c2c(F)cccc2Cl)CO1. The average molecular weight is 241 g/mol. The number of ether oxygens (including phenoxy) is 1. The van der Waals surface area contributed by atoms with E-state index in [9.17, 15) is 9.18 Å². The highest BCUT2D eigenvalue weighted by atomic mass is 35.5. The molecule has 1 aromatic carbocycles. The highest BCUT2D eigenvalue weighted by Crippen LogP contribution is 2.34. The van der Waals surface area contributed by atoms with Crippen molar-refractivity contribution in [2.24, 2.45) is 0 Å². The summed E-state index contributed by atoms with van der Waals surface area (Å²) in [6.07, 6.45) is 1.72. The molecule has 16 heavy (non-hydrogen) atoms. The molecule has 1 aliphatic rings. The number of nitrogens with zero attached hydrogens (tertiary/aromatic N) is 1. The fourth-order valence-electron chi connectivity index (χ4n) is 1.53. The fraction of sp³-hybridized carbons (Fsp3) is 0.182. The lowest BCUT2D eigenvalue weighted by Gasteiger charge is -2.18. The topological polar surface area (TPSA) is 29.5 Å². The Hall–Kier alpha value is -1.55. The van der Waals surface area contributed by atoms with Crippen LogP contribution in [0.2, 0.25) is 5.02 Å². The molecule has 0 spiro atoms. The summed E-state index contributed by atoms with van der Waals surface area (Å²) in [5, 5.41) is 0.228. The smallest absolute Gasteiger partial charge is 0.255 e. The number of halogens is 2. The Morgan fingerprint density at radius 3 is 2.94 bits per heavy atom. The molecule has 0 atom stereocenters. The molecule has 1 radical (unpaired) electrons. The first-order chi connectivity index (χ1) is 7.65. The predicted molar refractivity (Wildman–Crippen MR) is 58.2 cm³/mol. The van der Waals surface area contributed by atoms with E-state index in [0.29, 0.717) is 5.76 Å². The summed E-state index contributed by atoms with van der Waals surface area (Å²) < 4.78 is 18.8. The number of hydrogen-bond donors (Lipinski definition) is 0. The second kappa shape index (κ2) is 4.14. The molecule has 1 aliphatic heterocycles. The average Bonchev–Trinajstić information content (AvgIpc) is 2.59. The molecule has 0 N–H and O–H groups in total. The number of benzene rings is 1. The van der Waals surface area contributed by atoms with Gasteiger partial charge in [0, 0.05) is 0 Å². The molecule has 3 nitrogen and oxygen atoms in total. The number of anilines is 1. The van der Waals surface area contributed by atoms with Crippen LogP contribution < -0.4 is 4.90 Å². The summed E-state index contributed by atoms with van der Waals surface area (Å²) in [7, 11) is 0. The maximum absolute atomic E-state index is 13.6. The minimum atomic E-state index is -0.501. The van der Waals surface area contributed by atoms with E-state index in [1.54, 1.807) is 19.3 Å². The zero-order chi connectivity index (χ0) is 11.7. The number of rotatable bonds is 2. The number of carbonyl (C=O) groups excluding carboxylic acids is 1. The summed E-state index contributed by atoms with van der Waals surface area (Å²) in [5.74, 6) is -0.0899. The third kappa shape index (κ3) is 1.65. The molecule has 0 unspecified atom stereocenters. The van der Waals surface area contributed by atoms with Crippen LogP contribution in [0.5, 0.6) is 0 Å². The zero-order valence-electron chi connectivity index (χ0n) is 8.46. The van der Waals surface area contributed by atoms with Gasteiger partial charge in [0.25, 0.3) is 6.29 Å². The van der Waals surface area contributed by atoms with Crippen molar-refractivity contribution in [2.75, 3.05) is 11.6 Å². The fourth-order valence-corrected chi connectivity index (χ4v) is 1.80. The van der Waals surface area contributed by atoms with Crippen LogP contribution in [0.4, 0.5) is 10.1 Å². The first kappa shape index (κ1) is 11.0. The number of hydrogen-bond acceptors (Lipinski definition) is 3. The van der Waals surface area contributed by atoms with Crippen molar-refractivity contribution in [3.63, 3.8) is 0 Å². The normalized spacial score (nSPS) is 15.3. The summed E-state index contributed by atoms with van der Waals surface area (Å²) in [4.78, 5) is 12.1. The van der Waals surface area contributed by atoms with Gasteiger partial charge in [-0.2, -0.15) is 0 Å². The predicted octanol–water partition coefficient (Wildman–Crippen LogP) is 2.61. The van der Waals surface area contributed by atoms with E-state index in [1.807, 2.05) is 0 Å². The Labute approximate surface area is 97.1 Å². The molecule has 1 aromatic rings. The van der Waals surface area contributed by atoms with Crippen molar-refractivity contribution < 1.29 is 13.9 Å². The molecule has 0 saturated heterocycles. The lowest BCUT2D eigenvalue weighted by molar-refractivity contribution is 0.246. The number of para-hydroxylation sites is 1. The van der Waals surface area contributed by atoms with Gasteiger partial charge in [0.15, 0.2) is 6.73 Å². The van der Waals surface area contributed by atoms with Gasteiger partial charge in [-0.15, -0.1) is 0 Å². The summed E-state index contributed by atoms with van der Waals surface area (Å²) in [6.45, 7) is 1.69. The highest BCUT2D eigenvalue weighted by molar-refractivity contribution is 6.33. The first-order valence-corrected chi connectivity index (χ1v) is 4.96. The van der Waals surface area contributed by atoms with Crippen LogP contribution in [0.3, 0.4) is 0 Å². The van der Waals surface area contributed by atoms with Gasteiger partial charge in [0.2, 0.25) is 0 Å². The van der Waals surface area contributed by atoms with E-state index in [1.165, 1.54) is 17.0 Å². The Kier molecular flexibility index (Phi) is 2.83. The summed E-state index contributed by atoms with van der Waals surface area (Å²) >= 11 is 5.89. The Bertz CT molecular complexity index is 453. The van der Waals surface area contributed by atoms with Crippen molar-refractivity contribution in [1.29, 1.82) is 0 Å². The standard InChI is InChI=1S/C11H8ClFNO2/c1-7-10(5-15)14(6-16-7)11-8(12)3-2-4-9(11)13/h2-4H,6H2,1H3. The second-order valence-corrected chi connectivity index (χ2v) is 3.69. The van der Waals surface area contributed by atoms with Gasteiger partial charge in [-0.05, 0) is 19.1 Å². The minimum absolute atomic E-state index is 0.0665. The molecule has 0 fully saturated rings. The maximum atomic E-state index is 13.6. The molecular weight excluding hydrogens is 233 g/mol. The highest BCUT2D eigenvalue weighted by Gasteiger charge is 2.26. The van der Waals surface area contributed by atoms with Crippen molar-refractivity contribution in [2.45, 2.75) is 6.92 Å². The van der Waals surface area contributed by atoms with E-state index in [4.69, 9.17) is 16.3 Å². The van der Waals surface area contributed by atoms with Gasteiger partial charge < -0.3 is 4.74 Å². The van der Waals surface area contributed by atoms with Gasteiger partial charge in [-0.25, -0.2) is 4.39 Å². The molecule has 5 heteroatoms. The quantitative estimate of drug-likeness (QED) is 0.796. The largest absolute Gasteiger partial charge is 0.475 e. The van der Waals surface area contributed by atoms with E-state index in [0.717, 1.165) is 0 Å². The van der Waals surface area contributed by atoms with Crippen LogP contribution in [0.15, 0.2) is 29.7 Å². The number of allylic oxidation sites excluding steroid dienone is 2. The van der Waals surface area contributed by atoms with Gasteiger partial charge in [-0.1, -0.05) is 17.7 Å². The third-order valence-corrected chi connectivity index (χ3v) is 2.62. The second-order valence-electron chi connectivity index (χ2n) is 3.28. The van der Waals surface area contributed by atoms with Crippen molar-refractivity contribution in [3.8, 4) is 0 Å². The van der Waals surface area contributed by atoms with Gasteiger partial charge >= 0.3 is 0 Å². The Balaban J connectivity index is 2.50. The first-order valence-electron chi connectivity index (χ1n) is 4.58. The van der Waals surface area contributed by atoms with Crippen LogP contribution in [0.1, 0.15) is 6.92 Å². The van der Waals surface area contributed by atoms with Crippen LogP contribution in [0.25, 0.3) is 0 Å². The van der Waals surface area contributed by atoms with Gasteiger partial charge in [0.1, 0.15) is 17.3 Å². The van der Waals surface area contributed by atoms with Gasteiger partial charge in [-0.3, -0.25) is 9.69 Å². The lowest BCUT2D eigenvalue weighted by atomic mass is 10.2. The Morgan fingerprint density at radius 1 is 1.56 bits per heavy atom. The maximum Gasteiger partial charge on any atom is 0.255 e. The molecular formula is C11H8ClFNO2. The zero-order valence-corrected chi connectivity index (χ0v) is 9.21. The van der Waals surface area contributed by atoms with E-state index in [-0.39, 0.29) is 23.1 Å². The van der Waals surface area contributed by atoms with Crippen LogP contribution in [-0.4, -0.2) is 13.0 Å². The minimum Gasteiger partial charge on any atom is -0.475 e. The third-order valence-electron chi connectivity index (χ3n) is 2.32. The molecule has 0 aromatic heterocycles. The molecule has 83 valence electrons. The van der Waals surface area contributed by atoms with E-state index >= 15 is 0 Å². The molecule has 0 saturated carbocycles. The molecule has 1 heterocycles. The molecule has 0 amide bonds. The molecule has 2 rings (SSSR count). The van der Waals surface area contributed by atoms with Gasteiger partial charge in [0.05, 0.1) is 10.7 Å². The van der Waals surface area contributed by atoms with Crippen molar-refractivity contribution in [1.82, 2.24) is 0 Å². The summed E-state index contributed by atoms with van der Waals surface area (Å²) in [6, 6.07) is 4.33. The molecule has 0 bridgehead atoms. The van der Waals surface area contributed by atoms with E-state index in [2.05, 4.69) is 0 Å². The van der Waals surface area contributed by atoms with Crippen LogP contribution in [0, 0.1) is 5.82 Å². The monoisotopic (exact) mass is 240 g/mol.